The van der Waals surface area contributed by atoms with Crippen molar-refractivity contribution in [3.63, 3.8) is 0 Å². The molecule has 2 atom stereocenters. The van der Waals surface area contributed by atoms with Crippen LogP contribution in [0, 0.1) is 0 Å². The number of fused-ring (bicyclic) bond motifs is 1. The molecule has 1 N–H and O–H groups in total. The van der Waals surface area contributed by atoms with Gasteiger partial charge in [0, 0.05) is 29.7 Å². The van der Waals surface area contributed by atoms with Crippen molar-refractivity contribution in [1.82, 2.24) is 10.2 Å². The molecule has 0 spiro atoms. The second-order valence-corrected chi connectivity index (χ2v) is 8.83. The Balaban J connectivity index is 1.33. The van der Waals surface area contributed by atoms with Gasteiger partial charge in [0.15, 0.2) is 11.9 Å². The zero-order valence-electron chi connectivity index (χ0n) is 18.2. The molecule has 0 radical (unpaired) electrons. The Kier molecular flexibility index (Phi) is 7.22. The summed E-state index contributed by atoms with van der Waals surface area (Å²) >= 11 is 6.00. The lowest BCUT2D eigenvalue weighted by atomic mass is 10.0. The number of piperidine rings is 1. The minimum absolute atomic E-state index is 0.152. The second-order valence-electron chi connectivity index (χ2n) is 8.39. The summed E-state index contributed by atoms with van der Waals surface area (Å²) in [5.41, 5.74) is 1.67. The van der Waals surface area contributed by atoms with Gasteiger partial charge in [0.2, 0.25) is 0 Å². The van der Waals surface area contributed by atoms with E-state index in [2.05, 4.69) is 22.1 Å². The summed E-state index contributed by atoms with van der Waals surface area (Å²) in [6.45, 7) is 5.03. The standard InChI is InChI=1S/C25H28ClN3O3/c1-17-6-2-3-12-29(17)13-5-11-27-24(30)19-9-10-22-21(16-19)28-25(31)23(32-22)15-18-7-4-8-20(26)14-18/h4,7-10,14-17,22H,2-3,5-6,11-13H2,1H3,(H,27,30)/b23-15+. The molecule has 32 heavy (non-hydrogen) atoms. The van der Waals surface area contributed by atoms with E-state index in [1.54, 1.807) is 42.5 Å². The summed E-state index contributed by atoms with van der Waals surface area (Å²) in [5, 5.41) is 3.55. The number of amides is 2. The summed E-state index contributed by atoms with van der Waals surface area (Å²) in [4.78, 5) is 31.6. The number of nitrogens with one attached hydrogen (secondary N) is 1. The van der Waals surface area contributed by atoms with Gasteiger partial charge in [-0.25, -0.2) is 4.99 Å². The molecular formula is C25H28ClN3O3. The lowest BCUT2D eigenvalue weighted by molar-refractivity contribution is -0.119. The van der Waals surface area contributed by atoms with Crippen LogP contribution in [0.4, 0.5) is 0 Å². The zero-order valence-corrected chi connectivity index (χ0v) is 19.0. The first-order valence-electron chi connectivity index (χ1n) is 11.2. The molecule has 1 aliphatic carbocycles. The largest absolute Gasteiger partial charge is 0.474 e. The van der Waals surface area contributed by atoms with Crippen LogP contribution in [0.1, 0.15) is 38.2 Å². The highest BCUT2D eigenvalue weighted by Crippen LogP contribution is 2.23. The molecule has 168 valence electrons. The number of ether oxygens (including phenoxy) is 1. The predicted octanol–water partition coefficient (Wildman–Crippen LogP) is 3.92. The van der Waals surface area contributed by atoms with Crippen LogP contribution in [0.25, 0.3) is 6.08 Å². The average molecular weight is 454 g/mol. The van der Waals surface area contributed by atoms with Gasteiger partial charge in [-0.05, 0) is 74.7 Å². The number of rotatable bonds is 6. The molecule has 4 rings (SSSR count). The lowest BCUT2D eigenvalue weighted by Crippen LogP contribution is -2.39. The number of nitrogens with zero attached hydrogens (tertiary/aromatic N) is 2. The Hall–Kier alpha value is -2.70. The number of carbonyl (C=O) groups is 2. The van der Waals surface area contributed by atoms with Crippen LogP contribution in [0.5, 0.6) is 0 Å². The number of benzene rings is 1. The normalized spacial score (nSPS) is 24.4. The van der Waals surface area contributed by atoms with Gasteiger partial charge in [0.25, 0.3) is 5.91 Å². The van der Waals surface area contributed by atoms with Crippen LogP contribution in [-0.4, -0.2) is 54.2 Å². The van der Waals surface area contributed by atoms with Crippen molar-refractivity contribution in [2.75, 3.05) is 19.6 Å². The third-order valence-corrected chi connectivity index (χ3v) is 6.23. The first kappa shape index (κ1) is 22.5. The van der Waals surface area contributed by atoms with E-state index in [-0.39, 0.29) is 11.7 Å². The SMILES string of the molecule is CC1CCCCN1CCCNC(=O)C1=CC2=NC(=O)/C(=C\c3cccc(Cl)c3)OC2C=C1. The molecule has 2 aliphatic heterocycles. The number of aliphatic imine (C=N–C) groups is 1. The van der Waals surface area contributed by atoms with Crippen molar-refractivity contribution in [2.45, 2.75) is 44.8 Å². The molecule has 0 saturated carbocycles. The van der Waals surface area contributed by atoms with E-state index in [0.717, 1.165) is 25.1 Å². The molecule has 6 nitrogen and oxygen atoms in total. The molecule has 2 heterocycles. The lowest BCUT2D eigenvalue weighted by Gasteiger charge is -2.33. The predicted molar refractivity (Wildman–Crippen MR) is 126 cm³/mol. The van der Waals surface area contributed by atoms with Crippen LogP contribution in [-0.2, 0) is 14.3 Å². The zero-order chi connectivity index (χ0) is 22.5. The molecular weight excluding hydrogens is 426 g/mol. The number of halogens is 1. The van der Waals surface area contributed by atoms with E-state index in [0.29, 0.717) is 28.9 Å². The molecule has 1 saturated heterocycles. The van der Waals surface area contributed by atoms with Crippen molar-refractivity contribution in [3.8, 4) is 0 Å². The fourth-order valence-electron chi connectivity index (χ4n) is 4.19. The van der Waals surface area contributed by atoms with Gasteiger partial charge in [-0.3, -0.25) is 9.59 Å². The number of carbonyl (C=O) groups excluding carboxylic acids is 2. The van der Waals surface area contributed by atoms with E-state index in [1.807, 2.05) is 6.07 Å². The Morgan fingerprint density at radius 1 is 1.38 bits per heavy atom. The molecule has 1 aromatic carbocycles. The third-order valence-electron chi connectivity index (χ3n) is 6.00. The Morgan fingerprint density at radius 3 is 3.06 bits per heavy atom. The van der Waals surface area contributed by atoms with Crippen molar-refractivity contribution < 1.29 is 14.3 Å². The molecule has 1 fully saturated rings. The van der Waals surface area contributed by atoms with Gasteiger partial charge in [-0.1, -0.05) is 30.2 Å². The molecule has 1 aromatic rings. The van der Waals surface area contributed by atoms with Gasteiger partial charge in [0.05, 0.1) is 5.71 Å². The number of likely N-dealkylation sites (tertiary alicyclic amines) is 1. The topological polar surface area (TPSA) is 71.0 Å². The van der Waals surface area contributed by atoms with E-state index in [9.17, 15) is 9.59 Å². The van der Waals surface area contributed by atoms with Crippen molar-refractivity contribution in [3.05, 3.63) is 64.4 Å². The average Bonchev–Trinajstić information content (AvgIpc) is 2.78. The van der Waals surface area contributed by atoms with Crippen molar-refractivity contribution in [1.29, 1.82) is 0 Å². The maximum Gasteiger partial charge on any atom is 0.312 e. The Morgan fingerprint density at radius 2 is 2.25 bits per heavy atom. The van der Waals surface area contributed by atoms with Crippen LogP contribution >= 0.6 is 11.6 Å². The van der Waals surface area contributed by atoms with Crippen LogP contribution in [0.2, 0.25) is 5.02 Å². The summed E-state index contributed by atoms with van der Waals surface area (Å²) in [6.07, 6.45) is 11.0. The Labute approximate surface area is 193 Å². The van der Waals surface area contributed by atoms with E-state index < -0.39 is 12.0 Å². The molecule has 3 aliphatic rings. The minimum atomic E-state index is -0.490. The summed E-state index contributed by atoms with van der Waals surface area (Å²) < 4.78 is 5.82. The highest BCUT2D eigenvalue weighted by atomic mass is 35.5. The van der Waals surface area contributed by atoms with Crippen LogP contribution in [0.15, 0.2) is 58.8 Å². The van der Waals surface area contributed by atoms with Gasteiger partial charge < -0.3 is 15.0 Å². The second kappa shape index (κ2) is 10.3. The smallest absolute Gasteiger partial charge is 0.312 e. The molecule has 0 bridgehead atoms. The molecule has 0 aromatic heterocycles. The third kappa shape index (κ3) is 5.56. The van der Waals surface area contributed by atoms with Gasteiger partial charge in [-0.2, -0.15) is 0 Å². The highest BCUT2D eigenvalue weighted by molar-refractivity contribution is 6.30. The quantitative estimate of drug-likeness (QED) is 0.523. The van der Waals surface area contributed by atoms with Gasteiger partial charge in [0.1, 0.15) is 0 Å². The first-order valence-corrected chi connectivity index (χ1v) is 11.6. The van der Waals surface area contributed by atoms with Crippen molar-refractivity contribution >= 4 is 35.2 Å². The molecule has 2 amide bonds. The van der Waals surface area contributed by atoms with Crippen molar-refractivity contribution in [2.24, 2.45) is 4.99 Å². The van der Waals surface area contributed by atoms with E-state index >= 15 is 0 Å². The summed E-state index contributed by atoms with van der Waals surface area (Å²) in [7, 11) is 0. The highest BCUT2D eigenvalue weighted by Gasteiger charge is 2.29. The first-order chi connectivity index (χ1) is 15.5. The number of hydrogen-bond acceptors (Lipinski definition) is 4. The van der Waals surface area contributed by atoms with Gasteiger partial charge >= 0.3 is 5.91 Å². The summed E-state index contributed by atoms with van der Waals surface area (Å²) in [5.74, 6) is -0.487. The number of hydrogen-bond donors (Lipinski definition) is 1. The van der Waals surface area contributed by atoms with E-state index in [1.165, 1.54) is 19.3 Å². The van der Waals surface area contributed by atoms with Crippen LogP contribution in [0.3, 0.4) is 0 Å². The summed E-state index contributed by atoms with van der Waals surface area (Å²) in [6, 6.07) is 7.77. The maximum atomic E-state index is 12.6. The van der Waals surface area contributed by atoms with E-state index in [4.69, 9.17) is 16.3 Å². The van der Waals surface area contributed by atoms with Crippen LogP contribution < -0.4 is 5.32 Å². The fraction of sp³-hybridized carbons (Fsp3) is 0.400. The Bertz CT molecular complexity index is 1010. The molecule has 7 heteroatoms. The van der Waals surface area contributed by atoms with Gasteiger partial charge in [-0.15, -0.1) is 0 Å². The minimum Gasteiger partial charge on any atom is -0.474 e. The fourth-order valence-corrected chi connectivity index (χ4v) is 4.39. The molecule has 2 unspecified atom stereocenters. The maximum absolute atomic E-state index is 12.6. The monoisotopic (exact) mass is 453 g/mol.